The minimum Gasteiger partial charge on any atom is -0.504 e. The van der Waals surface area contributed by atoms with E-state index in [2.05, 4.69) is 4.98 Å². The van der Waals surface area contributed by atoms with Crippen molar-refractivity contribution in [3.63, 3.8) is 0 Å². The van der Waals surface area contributed by atoms with Crippen LogP contribution in [0, 0.1) is 0 Å². The summed E-state index contributed by atoms with van der Waals surface area (Å²) in [7, 11) is 0. The number of halogens is 3. The molecule has 6 heteroatoms. The maximum Gasteiger partial charge on any atom is 0.416 e. The van der Waals surface area contributed by atoms with Crippen molar-refractivity contribution in [1.29, 1.82) is 0 Å². The highest BCUT2D eigenvalue weighted by Gasteiger charge is 2.32. The molecule has 1 aromatic carbocycles. The van der Waals surface area contributed by atoms with Crippen LogP contribution in [-0.4, -0.2) is 14.5 Å². The largest absolute Gasteiger partial charge is 0.504 e. The standard InChI is InChI=1S/C15H11F3N2O/c16-15(17,18)12-5-2-1-4-10(12)8-11-9-20-7-3-6-13(21)14(20)19-11/h1-7,9,21H,8H2. The normalized spacial score (nSPS) is 12.0. The van der Waals surface area contributed by atoms with E-state index in [-0.39, 0.29) is 17.7 Å². The first kappa shape index (κ1) is 13.5. The maximum atomic E-state index is 13.0. The molecule has 3 aromatic rings. The lowest BCUT2D eigenvalue weighted by Gasteiger charge is -2.11. The fourth-order valence-corrected chi connectivity index (χ4v) is 2.28. The number of alkyl halides is 3. The van der Waals surface area contributed by atoms with Crippen molar-refractivity contribution in [1.82, 2.24) is 9.38 Å². The smallest absolute Gasteiger partial charge is 0.416 e. The summed E-state index contributed by atoms with van der Waals surface area (Å²) < 4.78 is 40.4. The van der Waals surface area contributed by atoms with Gasteiger partial charge in [0.05, 0.1) is 11.3 Å². The molecular weight excluding hydrogens is 281 g/mol. The van der Waals surface area contributed by atoms with E-state index < -0.39 is 11.7 Å². The van der Waals surface area contributed by atoms with Gasteiger partial charge in [-0.05, 0) is 23.8 Å². The molecule has 0 aliphatic heterocycles. The Hall–Kier alpha value is -2.50. The number of nitrogens with zero attached hydrogens (tertiary/aromatic N) is 2. The van der Waals surface area contributed by atoms with Crippen LogP contribution < -0.4 is 0 Å². The van der Waals surface area contributed by atoms with Crippen molar-refractivity contribution in [2.75, 3.05) is 0 Å². The van der Waals surface area contributed by atoms with Crippen molar-refractivity contribution in [3.05, 3.63) is 65.6 Å². The van der Waals surface area contributed by atoms with Crippen LogP contribution in [0.15, 0.2) is 48.8 Å². The quantitative estimate of drug-likeness (QED) is 0.783. The molecule has 3 rings (SSSR count). The van der Waals surface area contributed by atoms with Gasteiger partial charge in [0.1, 0.15) is 0 Å². The Balaban J connectivity index is 2.01. The van der Waals surface area contributed by atoms with E-state index in [9.17, 15) is 18.3 Å². The molecular formula is C15H11F3N2O. The summed E-state index contributed by atoms with van der Waals surface area (Å²) in [5.41, 5.74) is 0.296. The molecule has 1 N–H and O–H groups in total. The lowest BCUT2D eigenvalue weighted by atomic mass is 10.0. The minimum atomic E-state index is -4.39. The monoisotopic (exact) mass is 292 g/mol. The third-order valence-electron chi connectivity index (χ3n) is 3.21. The van der Waals surface area contributed by atoms with E-state index >= 15 is 0 Å². The fourth-order valence-electron chi connectivity index (χ4n) is 2.28. The molecule has 0 spiro atoms. The molecule has 2 heterocycles. The molecule has 0 amide bonds. The Labute approximate surface area is 118 Å². The summed E-state index contributed by atoms with van der Waals surface area (Å²) in [6, 6.07) is 8.54. The molecule has 108 valence electrons. The molecule has 0 atom stereocenters. The average molecular weight is 292 g/mol. The van der Waals surface area contributed by atoms with Gasteiger partial charge in [-0.15, -0.1) is 0 Å². The Bertz CT molecular complexity index is 793. The number of hydrogen-bond acceptors (Lipinski definition) is 2. The first-order chi connectivity index (χ1) is 9.95. The predicted molar refractivity (Wildman–Crippen MR) is 71.1 cm³/mol. The summed E-state index contributed by atoms with van der Waals surface area (Å²) in [4.78, 5) is 4.18. The second-order valence-corrected chi connectivity index (χ2v) is 4.69. The molecule has 3 nitrogen and oxygen atoms in total. The van der Waals surface area contributed by atoms with Crippen LogP contribution in [0.1, 0.15) is 16.8 Å². The van der Waals surface area contributed by atoms with Crippen LogP contribution in [0.5, 0.6) is 5.75 Å². The van der Waals surface area contributed by atoms with E-state index in [1.807, 2.05) is 0 Å². The Morgan fingerprint density at radius 3 is 2.57 bits per heavy atom. The Kier molecular flexibility index (Phi) is 3.08. The number of rotatable bonds is 2. The number of aromatic hydroxyl groups is 1. The summed E-state index contributed by atoms with van der Waals surface area (Å²) in [5, 5.41) is 9.67. The highest BCUT2D eigenvalue weighted by Crippen LogP contribution is 2.32. The zero-order chi connectivity index (χ0) is 15.0. The van der Waals surface area contributed by atoms with Crippen molar-refractivity contribution < 1.29 is 18.3 Å². The number of benzene rings is 1. The van der Waals surface area contributed by atoms with E-state index in [1.54, 1.807) is 28.9 Å². The molecule has 0 radical (unpaired) electrons. The van der Waals surface area contributed by atoms with Gasteiger partial charge in [0.15, 0.2) is 11.4 Å². The SMILES string of the molecule is Oc1cccn2cc(Cc3ccccc3C(F)(F)F)nc12. The van der Waals surface area contributed by atoms with Crippen LogP contribution in [0.3, 0.4) is 0 Å². The van der Waals surface area contributed by atoms with E-state index in [4.69, 9.17) is 0 Å². The summed E-state index contributed by atoms with van der Waals surface area (Å²) in [6.07, 6.45) is -1.04. The zero-order valence-corrected chi connectivity index (χ0v) is 10.8. The van der Waals surface area contributed by atoms with Crippen LogP contribution in [-0.2, 0) is 12.6 Å². The van der Waals surface area contributed by atoms with Crippen LogP contribution in [0.2, 0.25) is 0 Å². The number of fused-ring (bicyclic) bond motifs is 1. The molecule has 0 unspecified atom stereocenters. The van der Waals surface area contributed by atoms with Gasteiger partial charge in [-0.2, -0.15) is 13.2 Å². The highest BCUT2D eigenvalue weighted by molar-refractivity contribution is 5.53. The molecule has 0 saturated carbocycles. The number of pyridine rings is 1. The third-order valence-corrected chi connectivity index (χ3v) is 3.21. The second-order valence-electron chi connectivity index (χ2n) is 4.69. The van der Waals surface area contributed by atoms with Crippen LogP contribution in [0.25, 0.3) is 5.65 Å². The molecule has 2 aromatic heterocycles. The van der Waals surface area contributed by atoms with Crippen LogP contribution >= 0.6 is 0 Å². The minimum absolute atomic E-state index is 0.00661. The zero-order valence-electron chi connectivity index (χ0n) is 10.8. The van der Waals surface area contributed by atoms with Crippen molar-refractivity contribution in [2.45, 2.75) is 12.6 Å². The number of hydrogen-bond donors (Lipinski definition) is 1. The predicted octanol–water partition coefficient (Wildman–Crippen LogP) is 3.65. The van der Waals surface area contributed by atoms with Crippen molar-refractivity contribution >= 4 is 5.65 Å². The average Bonchev–Trinajstić information content (AvgIpc) is 2.82. The summed E-state index contributed by atoms with van der Waals surface area (Å²) in [6.45, 7) is 0. The van der Waals surface area contributed by atoms with E-state index in [1.165, 1.54) is 18.2 Å². The van der Waals surface area contributed by atoms with Gasteiger partial charge in [-0.3, -0.25) is 0 Å². The van der Waals surface area contributed by atoms with Gasteiger partial charge < -0.3 is 9.51 Å². The van der Waals surface area contributed by atoms with Gasteiger partial charge in [0.25, 0.3) is 0 Å². The first-order valence-corrected chi connectivity index (χ1v) is 6.26. The Morgan fingerprint density at radius 2 is 1.86 bits per heavy atom. The number of imidazole rings is 1. The molecule has 0 aliphatic carbocycles. The summed E-state index contributed by atoms with van der Waals surface area (Å²) >= 11 is 0. The van der Waals surface area contributed by atoms with Gasteiger partial charge in [-0.1, -0.05) is 18.2 Å². The third kappa shape index (κ3) is 2.56. The van der Waals surface area contributed by atoms with E-state index in [0.717, 1.165) is 6.07 Å². The molecule has 0 saturated heterocycles. The fraction of sp³-hybridized carbons (Fsp3) is 0.133. The summed E-state index contributed by atoms with van der Waals surface area (Å²) in [5.74, 6) is -0.00661. The van der Waals surface area contributed by atoms with Gasteiger partial charge in [0, 0.05) is 18.8 Å². The lowest BCUT2D eigenvalue weighted by molar-refractivity contribution is -0.138. The van der Waals surface area contributed by atoms with Crippen molar-refractivity contribution in [2.24, 2.45) is 0 Å². The van der Waals surface area contributed by atoms with Gasteiger partial charge in [0.2, 0.25) is 0 Å². The molecule has 21 heavy (non-hydrogen) atoms. The first-order valence-electron chi connectivity index (χ1n) is 6.26. The maximum absolute atomic E-state index is 13.0. The Morgan fingerprint density at radius 1 is 1.10 bits per heavy atom. The number of aromatic nitrogens is 2. The molecule has 0 fully saturated rings. The second kappa shape index (κ2) is 4.80. The van der Waals surface area contributed by atoms with Gasteiger partial charge >= 0.3 is 6.18 Å². The highest BCUT2D eigenvalue weighted by atomic mass is 19.4. The lowest BCUT2D eigenvalue weighted by Crippen LogP contribution is -2.09. The van der Waals surface area contributed by atoms with Crippen molar-refractivity contribution in [3.8, 4) is 5.75 Å². The molecule has 0 bridgehead atoms. The topological polar surface area (TPSA) is 37.5 Å². The van der Waals surface area contributed by atoms with E-state index in [0.29, 0.717) is 11.3 Å². The van der Waals surface area contributed by atoms with Gasteiger partial charge in [-0.25, -0.2) is 4.98 Å². The molecule has 0 aliphatic rings. The van der Waals surface area contributed by atoms with Crippen LogP contribution in [0.4, 0.5) is 13.2 Å².